The molecule has 0 aliphatic rings. The summed E-state index contributed by atoms with van der Waals surface area (Å²) < 4.78 is 0. The minimum absolute atomic E-state index is 0. The van der Waals surface area contributed by atoms with Crippen LogP contribution in [0.25, 0.3) is 0 Å². The predicted octanol–water partition coefficient (Wildman–Crippen LogP) is 4.94. The second-order valence-electron chi connectivity index (χ2n) is 7.80. The van der Waals surface area contributed by atoms with Crippen LogP contribution in [0.5, 0.6) is 0 Å². The summed E-state index contributed by atoms with van der Waals surface area (Å²) in [5.74, 6) is -1.67. The van der Waals surface area contributed by atoms with Gasteiger partial charge in [-0.25, -0.2) is 0 Å². The van der Waals surface area contributed by atoms with Crippen LogP contribution in [0.1, 0.15) is 13.8 Å². The molecule has 0 amide bonds. The van der Waals surface area contributed by atoms with Crippen molar-refractivity contribution >= 4 is 49.0 Å². The first kappa shape index (κ1) is 33.3. The Hall–Kier alpha value is -2.70. The van der Waals surface area contributed by atoms with Gasteiger partial charge in [-0.05, 0) is 37.1 Å². The number of carboxylic acids is 2. The standard InChI is InChI=1S/C26H25NP2.2C2H4O2.Pd/c1-5-13-23(14-6-1)28(24-15-7-2-8-16-24)21-27-22-29(25-17-9-3-10-18-25)26-19-11-4-12-20-26;2*1-2(3)4;/h1-20,27H,21-22H2;2*1H3,(H,3,4);. The van der Waals surface area contributed by atoms with Crippen LogP contribution in [-0.4, -0.2) is 34.7 Å². The normalized spacial score (nSPS) is 9.79. The molecule has 4 rings (SSSR count). The van der Waals surface area contributed by atoms with Crippen LogP contribution in [0.3, 0.4) is 0 Å². The first-order chi connectivity index (χ1) is 17.9. The second-order valence-corrected chi connectivity index (χ2v) is 12.2. The smallest absolute Gasteiger partial charge is 0.300 e. The van der Waals surface area contributed by atoms with Crippen molar-refractivity contribution in [3.8, 4) is 0 Å². The van der Waals surface area contributed by atoms with Crippen LogP contribution in [0.4, 0.5) is 0 Å². The molecular weight excluding hydrogens is 607 g/mol. The van der Waals surface area contributed by atoms with Crippen molar-refractivity contribution in [1.29, 1.82) is 0 Å². The van der Waals surface area contributed by atoms with Gasteiger partial charge < -0.3 is 15.5 Å². The van der Waals surface area contributed by atoms with Crippen LogP contribution in [-0.2, 0) is 30.0 Å². The van der Waals surface area contributed by atoms with Crippen LogP contribution >= 0.6 is 15.8 Å². The van der Waals surface area contributed by atoms with Gasteiger partial charge in [-0.2, -0.15) is 0 Å². The Bertz CT molecular complexity index is 1000. The molecule has 202 valence electrons. The van der Waals surface area contributed by atoms with Gasteiger partial charge in [0.15, 0.2) is 0 Å². The Morgan fingerprint density at radius 3 is 0.895 bits per heavy atom. The van der Waals surface area contributed by atoms with E-state index in [1.807, 2.05) is 0 Å². The predicted molar refractivity (Wildman–Crippen MR) is 158 cm³/mol. The Balaban J connectivity index is 0.000000709. The minimum atomic E-state index is -0.833. The Morgan fingerprint density at radius 2 is 0.711 bits per heavy atom. The van der Waals surface area contributed by atoms with Gasteiger partial charge >= 0.3 is 0 Å². The van der Waals surface area contributed by atoms with Crippen molar-refractivity contribution in [1.82, 2.24) is 5.32 Å². The number of nitrogens with one attached hydrogen (secondary N) is 1. The molecule has 0 fully saturated rings. The Labute approximate surface area is 241 Å². The summed E-state index contributed by atoms with van der Waals surface area (Å²) in [6, 6.07) is 43.7. The van der Waals surface area contributed by atoms with Crippen LogP contribution in [0, 0.1) is 0 Å². The first-order valence-corrected chi connectivity index (χ1v) is 14.8. The zero-order valence-electron chi connectivity index (χ0n) is 21.4. The summed E-state index contributed by atoms with van der Waals surface area (Å²) in [5.41, 5.74) is 0. The van der Waals surface area contributed by atoms with Crippen molar-refractivity contribution < 1.29 is 40.2 Å². The molecule has 8 heteroatoms. The maximum atomic E-state index is 9.00. The first-order valence-electron chi connectivity index (χ1n) is 11.7. The third kappa shape index (κ3) is 13.2. The van der Waals surface area contributed by atoms with E-state index in [0.29, 0.717) is 0 Å². The van der Waals surface area contributed by atoms with Gasteiger partial charge in [0.1, 0.15) is 0 Å². The van der Waals surface area contributed by atoms with E-state index in [0.717, 1.165) is 26.4 Å². The molecule has 0 aliphatic carbocycles. The number of aliphatic carboxylic acids is 2. The molecule has 38 heavy (non-hydrogen) atoms. The molecule has 0 saturated heterocycles. The molecule has 0 aromatic heterocycles. The van der Waals surface area contributed by atoms with Gasteiger partial charge in [0.2, 0.25) is 0 Å². The molecule has 0 unspecified atom stereocenters. The molecule has 4 aromatic rings. The zero-order valence-corrected chi connectivity index (χ0v) is 24.7. The largest absolute Gasteiger partial charge is 0.481 e. The quantitative estimate of drug-likeness (QED) is 0.188. The maximum Gasteiger partial charge on any atom is 0.300 e. The molecule has 0 radical (unpaired) electrons. The monoisotopic (exact) mass is 639 g/mol. The summed E-state index contributed by atoms with van der Waals surface area (Å²) in [6.45, 7) is 2.17. The van der Waals surface area contributed by atoms with E-state index < -0.39 is 27.8 Å². The molecular formula is C30H33NO4P2Pd. The summed E-state index contributed by atoms with van der Waals surface area (Å²) >= 11 is 0. The average molecular weight is 640 g/mol. The number of rotatable bonds is 8. The van der Waals surface area contributed by atoms with Crippen molar-refractivity contribution in [3.63, 3.8) is 0 Å². The average Bonchev–Trinajstić information content (AvgIpc) is 2.90. The van der Waals surface area contributed by atoms with E-state index in [4.69, 9.17) is 19.8 Å². The fraction of sp³-hybridized carbons (Fsp3) is 0.133. The fourth-order valence-corrected chi connectivity index (χ4v) is 7.67. The van der Waals surface area contributed by atoms with Crippen molar-refractivity contribution in [2.45, 2.75) is 13.8 Å². The molecule has 0 saturated carbocycles. The van der Waals surface area contributed by atoms with E-state index in [9.17, 15) is 0 Å². The third-order valence-electron chi connectivity index (χ3n) is 4.81. The third-order valence-corrected chi connectivity index (χ3v) is 9.58. The summed E-state index contributed by atoms with van der Waals surface area (Å²) in [4.78, 5) is 18.0. The minimum Gasteiger partial charge on any atom is -0.481 e. The van der Waals surface area contributed by atoms with E-state index in [2.05, 4.69) is 127 Å². The number of carbonyl (C=O) groups is 2. The van der Waals surface area contributed by atoms with Crippen LogP contribution in [0.2, 0.25) is 0 Å². The molecule has 0 heterocycles. The second kappa shape index (κ2) is 19.4. The zero-order chi connectivity index (χ0) is 26.9. The summed E-state index contributed by atoms with van der Waals surface area (Å²) in [6.07, 6.45) is 1.98. The number of carboxylic acid groups (broad SMARTS) is 2. The van der Waals surface area contributed by atoms with Gasteiger partial charge in [0.05, 0.1) is 0 Å². The van der Waals surface area contributed by atoms with Crippen molar-refractivity contribution in [2.75, 3.05) is 12.6 Å². The summed E-state index contributed by atoms with van der Waals surface area (Å²) in [5, 5.41) is 24.4. The summed E-state index contributed by atoms with van der Waals surface area (Å²) in [7, 11) is -0.840. The maximum absolute atomic E-state index is 9.00. The molecule has 3 N–H and O–H groups in total. The van der Waals surface area contributed by atoms with Crippen molar-refractivity contribution in [2.24, 2.45) is 0 Å². The number of hydrogen-bond acceptors (Lipinski definition) is 3. The van der Waals surface area contributed by atoms with Gasteiger partial charge in [-0.15, -0.1) is 0 Å². The van der Waals surface area contributed by atoms with Gasteiger partial charge in [-0.3, -0.25) is 9.59 Å². The van der Waals surface area contributed by atoms with Crippen LogP contribution in [0.15, 0.2) is 121 Å². The fourth-order valence-electron chi connectivity index (χ4n) is 3.37. The van der Waals surface area contributed by atoms with Gasteiger partial charge in [-0.1, -0.05) is 121 Å². The molecule has 4 aromatic carbocycles. The molecule has 0 aliphatic heterocycles. The molecule has 5 nitrogen and oxygen atoms in total. The Morgan fingerprint density at radius 1 is 0.526 bits per heavy atom. The SMILES string of the molecule is CC(=O)O.CC(=O)O.[Pd].c1ccc(P(CNCP(c2ccccc2)c2ccccc2)c2ccccc2)cc1. The Kier molecular flexibility index (Phi) is 17.0. The van der Waals surface area contributed by atoms with Gasteiger partial charge in [0, 0.05) is 46.8 Å². The molecule has 0 spiro atoms. The molecule has 0 bridgehead atoms. The van der Waals surface area contributed by atoms with E-state index in [-0.39, 0.29) is 20.4 Å². The van der Waals surface area contributed by atoms with E-state index in [1.54, 1.807) is 0 Å². The number of hydrogen-bond donors (Lipinski definition) is 3. The topological polar surface area (TPSA) is 86.6 Å². The van der Waals surface area contributed by atoms with Crippen molar-refractivity contribution in [3.05, 3.63) is 121 Å². The van der Waals surface area contributed by atoms with Crippen LogP contribution < -0.4 is 26.5 Å². The molecule has 0 atom stereocenters. The van der Waals surface area contributed by atoms with E-state index in [1.165, 1.54) is 21.2 Å². The van der Waals surface area contributed by atoms with Gasteiger partial charge in [0.25, 0.3) is 11.9 Å². The number of benzene rings is 4. The van der Waals surface area contributed by atoms with E-state index >= 15 is 0 Å².